The van der Waals surface area contributed by atoms with Crippen molar-refractivity contribution < 1.29 is 0 Å². The van der Waals surface area contributed by atoms with Crippen molar-refractivity contribution in [3.05, 3.63) is 23.8 Å². The molecule has 0 aromatic carbocycles. The van der Waals surface area contributed by atoms with Crippen molar-refractivity contribution in [1.29, 1.82) is 0 Å². The fourth-order valence-corrected chi connectivity index (χ4v) is 1.26. The Morgan fingerprint density at radius 2 is 2.00 bits per heavy atom. The standard InChI is InChI=1S/C11H19N3/c1-9(5-6-14(3)4)11-8-12-10(2)7-13-11/h7-9H,5-6H2,1-4H3. The van der Waals surface area contributed by atoms with Gasteiger partial charge in [0.2, 0.25) is 0 Å². The van der Waals surface area contributed by atoms with Crippen LogP contribution in [0.2, 0.25) is 0 Å². The fourth-order valence-electron chi connectivity index (χ4n) is 1.26. The lowest BCUT2D eigenvalue weighted by Gasteiger charge is -2.14. The first kappa shape index (κ1) is 11.1. The first-order chi connectivity index (χ1) is 6.59. The van der Waals surface area contributed by atoms with E-state index in [9.17, 15) is 0 Å². The van der Waals surface area contributed by atoms with E-state index in [4.69, 9.17) is 0 Å². The molecule has 3 heteroatoms. The van der Waals surface area contributed by atoms with Crippen LogP contribution in [0.4, 0.5) is 0 Å². The Labute approximate surface area is 86.2 Å². The normalized spacial score (nSPS) is 13.2. The summed E-state index contributed by atoms with van der Waals surface area (Å²) in [7, 11) is 4.18. The molecule has 14 heavy (non-hydrogen) atoms. The Kier molecular flexibility index (Phi) is 4.01. The molecule has 0 aliphatic heterocycles. The number of hydrogen-bond donors (Lipinski definition) is 0. The Morgan fingerprint density at radius 3 is 2.50 bits per heavy atom. The minimum absolute atomic E-state index is 0.491. The minimum atomic E-state index is 0.491. The number of nitrogens with zero attached hydrogens (tertiary/aromatic N) is 3. The molecule has 0 amide bonds. The summed E-state index contributed by atoms with van der Waals surface area (Å²) in [6.07, 6.45) is 4.85. The first-order valence-electron chi connectivity index (χ1n) is 5.03. The van der Waals surface area contributed by atoms with Gasteiger partial charge in [-0.2, -0.15) is 0 Å². The van der Waals surface area contributed by atoms with Gasteiger partial charge in [-0.1, -0.05) is 6.92 Å². The molecule has 1 aromatic rings. The Balaban J connectivity index is 2.52. The van der Waals surface area contributed by atoms with Gasteiger partial charge in [-0.15, -0.1) is 0 Å². The van der Waals surface area contributed by atoms with Crippen LogP contribution in [-0.4, -0.2) is 35.5 Å². The molecule has 0 spiro atoms. The molecule has 1 unspecified atom stereocenters. The predicted molar refractivity (Wildman–Crippen MR) is 58.4 cm³/mol. The molecule has 3 nitrogen and oxygen atoms in total. The van der Waals surface area contributed by atoms with Crippen LogP contribution in [0, 0.1) is 6.92 Å². The second kappa shape index (κ2) is 5.05. The summed E-state index contributed by atoms with van der Waals surface area (Å²) in [6.45, 7) is 5.25. The zero-order valence-electron chi connectivity index (χ0n) is 9.49. The van der Waals surface area contributed by atoms with E-state index in [0.717, 1.165) is 24.4 Å². The third kappa shape index (κ3) is 3.42. The van der Waals surface area contributed by atoms with Crippen LogP contribution < -0.4 is 0 Å². The molecule has 0 aliphatic rings. The highest BCUT2D eigenvalue weighted by Gasteiger charge is 2.07. The lowest BCUT2D eigenvalue weighted by molar-refractivity contribution is 0.384. The molecule has 1 aromatic heterocycles. The molecule has 0 bridgehead atoms. The van der Waals surface area contributed by atoms with Crippen LogP contribution in [0.25, 0.3) is 0 Å². The van der Waals surface area contributed by atoms with E-state index in [0.29, 0.717) is 5.92 Å². The van der Waals surface area contributed by atoms with E-state index in [1.165, 1.54) is 0 Å². The largest absolute Gasteiger partial charge is 0.309 e. The van der Waals surface area contributed by atoms with Gasteiger partial charge in [-0.3, -0.25) is 9.97 Å². The van der Waals surface area contributed by atoms with Crippen LogP contribution in [0.3, 0.4) is 0 Å². The zero-order valence-corrected chi connectivity index (χ0v) is 9.49. The van der Waals surface area contributed by atoms with Crippen molar-refractivity contribution in [2.75, 3.05) is 20.6 Å². The molecule has 1 atom stereocenters. The molecule has 0 N–H and O–H groups in total. The SMILES string of the molecule is Cc1cnc(C(C)CCN(C)C)cn1. The second-order valence-corrected chi connectivity index (χ2v) is 4.08. The van der Waals surface area contributed by atoms with Gasteiger partial charge in [-0.25, -0.2) is 0 Å². The van der Waals surface area contributed by atoms with Gasteiger partial charge in [-0.05, 0) is 34.0 Å². The summed E-state index contributed by atoms with van der Waals surface area (Å²) in [4.78, 5) is 10.8. The van der Waals surface area contributed by atoms with Gasteiger partial charge < -0.3 is 4.90 Å². The van der Waals surface area contributed by atoms with Gasteiger partial charge in [0.05, 0.1) is 11.4 Å². The summed E-state index contributed by atoms with van der Waals surface area (Å²) in [5.74, 6) is 0.491. The third-order valence-corrected chi connectivity index (χ3v) is 2.32. The van der Waals surface area contributed by atoms with E-state index in [1.807, 2.05) is 19.3 Å². The maximum Gasteiger partial charge on any atom is 0.0615 e. The molecule has 0 saturated carbocycles. The Morgan fingerprint density at radius 1 is 1.29 bits per heavy atom. The quantitative estimate of drug-likeness (QED) is 0.730. The number of rotatable bonds is 4. The Bertz CT molecular complexity index is 266. The molecule has 0 saturated heterocycles. The van der Waals surface area contributed by atoms with Crippen molar-refractivity contribution in [3.63, 3.8) is 0 Å². The van der Waals surface area contributed by atoms with Crippen molar-refractivity contribution in [1.82, 2.24) is 14.9 Å². The monoisotopic (exact) mass is 193 g/mol. The van der Waals surface area contributed by atoms with Crippen LogP contribution in [0.1, 0.15) is 30.7 Å². The summed E-state index contributed by atoms with van der Waals surface area (Å²) in [5.41, 5.74) is 2.08. The van der Waals surface area contributed by atoms with E-state index >= 15 is 0 Å². The molecule has 1 rings (SSSR count). The van der Waals surface area contributed by atoms with Crippen LogP contribution in [-0.2, 0) is 0 Å². The summed E-state index contributed by atoms with van der Waals surface area (Å²) in [6, 6.07) is 0. The number of hydrogen-bond acceptors (Lipinski definition) is 3. The average molecular weight is 193 g/mol. The maximum absolute atomic E-state index is 4.38. The molecular formula is C11H19N3. The number of aromatic nitrogens is 2. The molecular weight excluding hydrogens is 174 g/mol. The highest BCUT2D eigenvalue weighted by Crippen LogP contribution is 2.15. The molecule has 78 valence electrons. The van der Waals surface area contributed by atoms with Crippen molar-refractivity contribution in [3.8, 4) is 0 Å². The summed E-state index contributed by atoms with van der Waals surface area (Å²) < 4.78 is 0. The van der Waals surface area contributed by atoms with Crippen molar-refractivity contribution in [2.24, 2.45) is 0 Å². The van der Waals surface area contributed by atoms with Crippen LogP contribution >= 0.6 is 0 Å². The predicted octanol–water partition coefficient (Wildman–Crippen LogP) is 1.84. The highest BCUT2D eigenvalue weighted by molar-refractivity contribution is 5.05. The lowest BCUT2D eigenvalue weighted by Crippen LogP contribution is -2.15. The van der Waals surface area contributed by atoms with E-state index < -0.39 is 0 Å². The zero-order chi connectivity index (χ0) is 10.6. The average Bonchev–Trinajstić information content (AvgIpc) is 2.15. The van der Waals surface area contributed by atoms with E-state index in [2.05, 4.69) is 35.9 Å². The lowest BCUT2D eigenvalue weighted by atomic mass is 10.0. The molecule has 0 aliphatic carbocycles. The molecule has 1 heterocycles. The fraction of sp³-hybridized carbons (Fsp3) is 0.636. The number of aryl methyl sites for hydroxylation is 1. The van der Waals surface area contributed by atoms with Crippen LogP contribution in [0.15, 0.2) is 12.4 Å². The molecule has 0 fully saturated rings. The van der Waals surface area contributed by atoms with Crippen molar-refractivity contribution in [2.45, 2.75) is 26.2 Å². The van der Waals surface area contributed by atoms with Gasteiger partial charge in [0.1, 0.15) is 0 Å². The highest BCUT2D eigenvalue weighted by atomic mass is 15.0. The van der Waals surface area contributed by atoms with Crippen LogP contribution in [0.5, 0.6) is 0 Å². The van der Waals surface area contributed by atoms with Gasteiger partial charge in [0.15, 0.2) is 0 Å². The van der Waals surface area contributed by atoms with Gasteiger partial charge in [0, 0.05) is 18.3 Å². The minimum Gasteiger partial charge on any atom is -0.309 e. The molecule has 0 radical (unpaired) electrons. The summed E-state index contributed by atoms with van der Waals surface area (Å²) in [5, 5.41) is 0. The first-order valence-corrected chi connectivity index (χ1v) is 5.03. The topological polar surface area (TPSA) is 29.0 Å². The van der Waals surface area contributed by atoms with Crippen molar-refractivity contribution >= 4 is 0 Å². The van der Waals surface area contributed by atoms with E-state index in [1.54, 1.807) is 0 Å². The second-order valence-electron chi connectivity index (χ2n) is 4.08. The van der Waals surface area contributed by atoms with E-state index in [-0.39, 0.29) is 0 Å². The summed E-state index contributed by atoms with van der Waals surface area (Å²) >= 11 is 0. The smallest absolute Gasteiger partial charge is 0.0615 e. The van der Waals surface area contributed by atoms with Gasteiger partial charge >= 0.3 is 0 Å². The third-order valence-electron chi connectivity index (χ3n) is 2.32. The Hall–Kier alpha value is -0.960. The van der Waals surface area contributed by atoms with Gasteiger partial charge in [0.25, 0.3) is 0 Å². The maximum atomic E-state index is 4.38.